The first kappa shape index (κ1) is 9.22. The average molecular weight is 202 g/mol. The summed E-state index contributed by atoms with van der Waals surface area (Å²) in [7, 11) is 0. The average Bonchev–Trinajstić information content (AvgIpc) is 3.02. The fourth-order valence-electron chi connectivity index (χ4n) is 2.50. The fraction of sp³-hybridized carbons (Fsp3) is 0.538. The molecule has 0 amide bonds. The molecule has 1 aromatic rings. The number of anilines is 1. The van der Waals surface area contributed by atoms with Gasteiger partial charge in [-0.1, -0.05) is 12.1 Å². The van der Waals surface area contributed by atoms with Crippen LogP contribution in [0.5, 0.6) is 0 Å². The number of benzene rings is 1. The van der Waals surface area contributed by atoms with Crippen LogP contribution in [0.15, 0.2) is 18.2 Å². The van der Waals surface area contributed by atoms with Crippen LogP contribution >= 0.6 is 0 Å². The lowest BCUT2D eigenvalue weighted by Gasteiger charge is -2.25. The zero-order chi connectivity index (χ0) is 10.3. The molecular formula is C13H18N2. The van der Waals surface area contributed by atoms with Gasteiger partial charge in [0, 0.05) is 17.8 Å². The normalized spacial score (nSPS) is 24.7. The summed E-state index contributed by atoms with van der Waals surface area (Å²) in [4.78, 5) is 0. The third kappa shape index (κ3) is 1.74. The Morgan fingerprint density at radius 3 is 2.87 bits per heavy atom. The van der Waals surface area contributed by atoms with Crippen molar-refractivity contribution in [1.29, 1.82) is 0 Å². The SMILES string of the molecule is NC1CCCc2cccc(NC3CC3)c21. The molecule has 0 saturated heterocycles. The van der Waals surface area contributed by atoms with Crippen LogP contribution in [0, 0.1) is 0 Å². The predicted octanol–water partition coefficient (Wildman–Crippen LogP) is 2.60. The maximum Gasteiger partial charge on any atom is 0.0393 e. The smallest absolute Gasteiger partial charge is 0.0393 e. The highest BCUT2D eigenvalue weighted by atomic mass is 15.0. The van der Waals surface area contributed by atoms with Crippen molar-refractivity contribution in [3.05, 3.63) is 29.3 Å². The quantitative estimate of drug-likeness (QED) is 0.773. The molecule has 0 spiro atoms. The van der Waals surface area contributed by atoms with Gasteiger partial charge >= 0.3 is 0 Å². The van der Waals surface area contributed by atoms with Crippen LogP contribution in [-0.4, -0.2) is 6.04 Å². The molecule has 1 saturated carbocycles. The van der Waals surface area contributed by atoms with E-state index in [0.29, 0.717) is 6.04 Å². The van der Waals surface area contributed by atoms with Crippen LogP contribution in [0.3, 0.4) is 0 Å². The largest absolute Gasteiger partial charge is 0.382 e. The Morgan fingerprint density at radius 2 is 2.07 bits per heavy atom. The van der Waals surface area contributed by atoms with Crippen molar-refractivity contribution in [2.75, 3.05) is 5.32 Å². The van der Waals surface area contributed by atoms with Gasteiger partial charge in [-0.05, 0) is 49.3 Å². The van der Waals surface area contributed by atoms with Crippen LogP contribution in [-0.2, 0) is 6.42 Å². The summed E-state index contributed by atoms with van der Waals surface area (Å²) in [6.07, 6.45) is 6.21. The van der Waals surface area contributed by atoms with Gasteiger partial charge in [-0.15, -0.1) is 0 Å². The first-order valence-corrected chi connectivity index (χ1v) is 5.98. The fourth-order valence-corrected chi connectivity index (χ4v) is 2.50. The summed E-state index contributed by atoms with van der Waals surface area (Å²) < 4.78 is 0. The molecule has 0 heterocycles. The zero-order valence-electron chi connectivity index (χ0n) is 9.00. The molecule has 0 radical (unpaired) electrons. The summed E-state index contributed by atoms with van der Waals surface area (Å²) in [5.74, 6) is 0. The van der Waals surface area contributed by atoms with E-state index in [0.717, 1.165) is 6.42 Å². The van der Waals surface area contributed by atoms with E-state index < -0.39 is 0 Å². The molecule has 0 aliphatic heterocycles. The Kier molecular flexibility index (Phi) is 2.17. The lowest BCUT2D eigenvalue weighted by Crippen LogP contribution is -2.20. The van der Waals surface area contributed by atoms with Crippen LogP contribution in [0.2, 0.25) is 0 Å². The maximum atomic E-state index is 6.20. The Bertz CT molecular complexity index is 369. The molecule has 2 aliphatic carbocycles. The molecule has 1 fully saturated rings. The molecule has 0 bridgehead atoms. The zero-order valence-corrected chi connectivity index (χ0v) is 9.00. The highest BCUT2D eigenvalue weighted by molar-refractivity contribution is 5.58. The number of aryl methyl sites for hydroxylation is 1. The second-order valence-electron chi connectivity index (χ2n) is 4.80. The summed E-state index contributed by atoms with van der Waals surface area (Å²) in [5, 5.41) is 3.59. The molecule has 2 aliphatic rings. The molecular weight excluding hydrogens is 184 g/mol. The van der Waals surface area contributed by atoms with E-state index in [4.69, 9.17) is 5.73 Å². The third-order valence-corrected chi connectivity index (χ3v) is 3.47. The number of nitrogens with two attached hydrogens (primary N) is 1. The maximum absolute atomic E-state index is 6.20. The van der Waals surface area contributed by atoms with Gasteiger partial charge in [0.05, 0.1) is 0 Å². The van der Waals surface area contributed by atoms with Gasteiger partial charge < -0.3 is 11.1 Å². The molecule has 1 unspecified atom stereocenters. The molecule has 80 valence electrons. The van der Waals surface area contributed by atoms with E-state index in [9.17, 15) is 0 Å². The lowest BCUT2D eigenvalue weighted by atomic mass is 9.87. The van der Waals surface area contributed by atoms with E-state index in [1.807, 2.05) is 0 Å². The van der Waals surface area contributed by atoms with Gasteiger partial charge in [-0.25, -0.2) is 0 Å². The van der Waals surface area contributed by atoms with Crippen molar-refractivity contribution in [3.8, 4) is 0 Å². The topological polar surface area (TPSA) is 38.0 Å². The number of fused-ring (bicyclic) bond motifs is 1. The number of hydrogen-bond donors (Lipinski definition) is 2. The van der Waals surface area contributed by atoms with Gasteiger partial charge in [0.25, 0.3) is 0 Å². The second kappa shape index (κ2) is 3.53. The Hall–Kier alpha value is -1.02. The Balaban J connectivity index is 1.97. The van der Waals surface area contributed by atoms with Gasteiger partial charge in [0.1, 0.15) is 0 Å². The molecule has 1 aromatic carbocycles. The summed E-state index contributed by atoms with van der Waals surface area (Å²) in [5.41, 5.74) is 10.3. The van der Waals surface area contributed by atoms with Gasteiger partial charge in [0.15, 0.2) is 0 Å². The number of hydrogen-bond acceptors (Lipinski definition) is 2. The van der Waals surface area contributed by atoms with Crippen molar-refractivity contribution in [3.63, 3.8) is 0 Å². The molecule has 1 atom stereocenters. The minimum Gasteiger partial charge on any atom is -0.382 e. The molecule has 3 N–H and O–H groups in total. The Morgan fingerprint density at radius 1 is 1.20 bits per heavy atom. The molecule has 0 aromatic heterocycles. The van der Waals surface area contributed by atoms with Gasteiger partial charge in [0.2, 0.25) is 0 Å². The second-order valence-corrected chi connectivity index (χ2v) is 4.80. The van der Waals surface area contributed by atoms with Crippen LogP contribution in [0.25, 0.3) is 0 Å². The number of rotatable bonds is 2. The van der Waals surface area contributed by atoms with Crippen LogP contribution < -0.4 is 11.1 Å². The first-order valence-electron chi connectivity index (χ1n) is 5.98. The lowest BCUT2D eigenvalue weighted by molar-refractivity contribution is 0.571. The minimum atomic E-state index is 0.246. The van der Waals surface area contributed by atoms with Crippen molar-refractivity contribution >= 4 is 5.69 Å². The van der Waals surface area contributed by atoms with Crippen LogP contribution in [0.1, 0.15) is 42.9 Å². The Labute approximate surface area is 90.9 Å². The highest BCUT2D eigenvalue weighted by Gasteiger charge is 2.25. The van der Waals surface area contributed by atoms with E-state index in [1.165, 1.54) is 42.5 Å². The third-order valence-electron chi connectivity index (χ3n) is 3.47. The highest BCUT2D eigenvalue weighted by Crippen LogP contribution is 2.36. The molecule has 3 rings (SSSR count). The predicted molar refractivity (Wildman–Crippen MR) is 63.0 cm³/mol. The number of nitrogens with one attached hydrogen (secondary N) is 1. The summed E-state index contributed by atoms with van der Waals surface area (Å²) in [6, 6.07) is 7.53. The standard InChI is InChI=1S/C13H18N2/c14-11-5-1-3-9-4-2-6-12(13(9)11)15-10-7-8-10/h2,4,6,10-11,15H,1,3,5,7-8,14H2. The summed E-state index contributed by atoms with van der Waals surface area (Å²) >= 11 is 0. The van der Waals surface area contributed by atoms with Crippen LogP contribution in [0.4, 0.5) is 5.69 Å². The van der Waals surface area contributed by atoms with Crippen molar-refractivity contribution in [1.82, 2.24) is 0 Å². The molecule has 2 heteroatoms. The van der Waals surface area contributed by atoms with Crippen molar-refractivity contribution < 1.29 is 0 Å². The molecule has 15 heavy (non-hydrogen) atoms. The summed E-state index contributed by atoms with van der Waals surface area (Å²) in [6.45, 7) is 0. The first-order chi connectivity index (χ1) is 7.34. The van der Waals surface area contributed by atoms with Crippen molar-refractivity contribution in [2.45, 2.75) is 44.2 Å². The molecule has 2 nitrogen and oxygen atoms in total. The van der Waals surface area contributed by atoms with E-state index in [2.05, 4.69) is 23.5 Å². The monoisotopic (exact) mass is 202 g/mol. The van der Waals surface area contributed by atoms with E-state index in [1.54, 1.807) is 0 Å². The van der Waals surface area contributed by atoms with Gasteiger partial charge in [-0.2, -0.15) is 0 Å². The van der Waals surface area contributed by atoms with E-state index >= 15 is 0 Å². The minimum absolute atomic E-state index is 0.246. The van der Waals surface area contributed by atoms with Crippen molar-refractivity contribution in [2.24, 2.45) is 5.73 Å². The van der Waals surface area contributed by atoms with E-state index in [-0.39, 0.29) is 6.04 Å². The van der Waals surface area contributed by atoms with Gasteiger partial charge in [-0.3, -0.25) is 0 Å².